The Morgan fingerprint density at radius 1 is 0.919 bits per heavy atom. The number of carbonyl (C=O) groups is 2. The number of hydrogen-bond donors (Lipinski definition) is 2. The summed E-state index contributed by atoms with van der Waals surface area (Å²) in [7, 11) is 5.69. The Morgan fingerprint density at radius 2 is 1.51 bits per heavy atom. The Morgan fingerprint density at radius 3 is 2.08 bits per heavy atom. The van der Waals surface area contributed by atoms with Crippen LogP contribution >= 0.6 is 0 Å². The number of pyridine rings is 1. The molecular weight excluding hydrogens is 484 g/mol. The summed E-state index contributed by atoms with van der Waals surface area (Å²) >= 11 is 0. The summed E-state index contributed by atoms with van der Waals surface area (Å²) in [6, 6.07) is 13.8. The lowest BCUT2D eigenvalue weighted by Crippen LogP contribution is -2.11. The fourth-order valence-corrected chi connectivity index (χ4v) is 2.87. The van der Waals surface area contributed by atoms with Gasteiger partial charge in [0.25, 0.3) is 0 Å². The lowest BCUT2D eigenvalue weighted by atomic mass is 10.2. The van der Waals surface area contributed by atoms with Crippen LogP contribution < -0.4 is 20.2 Å². The van der Waals surface area contributed by atoms with Gasteiger partial charge in [0.1, 0.15) is 17.2 Å². The van der Waals surface area contributed by atoms with E-state index in [2.05, 4.69) is 19.8 Å². The number of esters is 2. The maximum atomic E-state index is 11.8. The molecular formula is C26H30N2O9. The van der Waals surface area contributed by atoms with Crippen molar-refractivity contribution in [2.45, 2.75) is 14.4 Å². The zero-order valence-corrected chi connectivity index (χ0v) is 20.4. The van der Waals surface area contributed by atoms with Gasteiger partial charge in [-0.25, -0.2) is 9.59 Å². The number of allylic oxidation sites excluding steroid dienone is 1. The first kappa shape index (κ1) is 32.1. The first-order chi connectivity index (χ1) is 17.3. The van der Waals surface area contributed by atoms with E-state index in [1.54, 1.807) is 32.2 Å². The quantitative estimate of drug-likeness (QED) is 0.369. The molecule has 0 unspecified atom stereocenters. The summed E-state index contributed by atoms with van der Waals surface area (Å²) in [5.74, 6) is 0.250. The topological polar surface area (TPSA) is 150 Å². The lowest BCUT2D eigenvalue weighted by Gasteiger charge is -2.10. The monoisotopic (exact) mass is 514 g/mol. The van der Waals surface area contributed by atoms with Gasteiger partial charge in [-0.2, -0.15) is 9.59 Å². The van der Waals surface area contributed by atoms with E-state index in [9.17, 15) is 14.4 Å². The number of rotatable bonds is 6. The van der Waals surface area contributed by atoms with E-state index in [-0.39, 0.29) is 30.7 Å². The maximum Gasteiger partial charge on any atom is 0.373 e. The molecule has 0 amide bonds. The van der Waals surface area contributed by atoms with Crippen molar-refractivity contribution >= 4 is 34.7 Å². The molecule has 0 spiro atoms. The van der Waals surface area contributed by atoms with Gasteiger partial charge in [-0.15, -0.1) is 0 Å². The highest BCUT2D eigenvalue weighted by Gasteiger charge is 2.11. The summed E-state index contributed by atoms with van der Waals surface area (Å²) in [6.45, 7) is 1.78. The van der Waals surface area contributed by atoms with Crippen LogP contribution in [0.4, 0.5) is 5.69 Å². The second kappa shape index (κ2) is 16.7. The Balaban J connectivity index is 0.000000619. The number of carbonyl (C=O) groups excluding carboxylic acids is 4. The number of H-pyrrole nitrogens is 1. The molecule has 2 aromatic carbocycles. The number of nitrogens with one attached hydrogen (secondary N) is 2. The van der Waals surface area contributed by atoms with E-state index in [0.717, 1.165) is 11.4 Å². The molecule has 0 aliphatic rings. The van der Waals surface area contributed by atoms with Gasteiger partial charge in [-0.1, -0.05) is 25.6 Å². The molecule has 37 heavy (non-hydrogen) atoms. The molecule has 0 radical (unpaired) electrons. The van der Waals surface area contributed by atoms with Gasteiger partial charge >= 0.3 is 18.1 Å². The molecule has 1 aromatic heterocycles. The lowest BCUT2D eigenvalue weighted by molar-refractivity contribution is -0.191. The molecule has 3 aromatic rings. The molecule has 0 aliphatic carbocycles. The second-order valence-corrected chi connectivity index (χ2v) is 6.68. The van der Waals surface area contributed by atoms with E-state index in [0.29, 0.717) is 22.3 Å². The number of fused-ring (bicyclic) bond motifs is 1. The highest BCUT2D eigenvalue weighted by atomic mass is 16.5. The van der Waals surface area contributed by atoms with Crippen LogP contribution in [0.5, 0.6) is 11.5 Å². The average molecular weight is 515 g/mol. The van der Waals surface area contributed by atoms with Gasteiger partial charge < -0.3 is 29.2 Å². The first-order valence-corrected chi connectivity index (χ1v) is 10.2. The number of aromatic nitrogens is 1. The van der Waals surface area contributed by atoms with Crippen molar-refractivity contribution < 1.29 is 38.1 Å². The third-order valence-corrected chi connectivity index (χ3v) is 4.43. The SMILES string of the molecule is C.COC(=O)/C=C(\C)Nc1ccccc1OC.COC(=O)c1cc(=O)c2cccc(OC)c2[nH]1.O=C=O. The predicted molar refractivity (Wildman–Crippen MR) is 137 cm³/mol. The Bertz CT molecular complexity index is 1310. The molecule has 0 aliphatic heterocycles. The number of anilines is 1. The number of aromatic amines is 1. The molecule has 0 saturated carbocycles. The van der Waals surface area contributed by atoms with Gasteiger partial charge in [-0.05, 0) is 31.2 Å². The number of ether oxygens (including phenoxy) is 4. The molecule has 0 saturated heterocycles. The summed E-state index contributed by atoms with van der Waals surface area (Å²) in [5.41, 5.74) is 1.84. The summed E-state index contributed by atoms with van der Waals surface area (Å²) < 4.78 is 19.4. The van der Waals surface area contributed by atoms with Crippen molar-refractivity contribution in [1.29, 1.82) is 0 Å². The van der Waals surface area contributed by atoms with Crippen molar-refractivity contribution in [2.75, 3.05) is 33.8 Å². The second-order valence-electron chi connectivity index (χ2n) is 6.68. The van der Waals surface area contributed by atoms with Crippen molar-refractivity contribution in [2.24, 2.45) is 0 Å². The van der Waals surface area contributed by atoms with Gasteiger partial charge in [0.2, 0.25) is 0 Å². The van der Waals surface area contributed by atoms with E-state index < -0.39 is 5.97 Å². The Hall–Kier alpha value is -4.89. The molecule has 11 nitrogen and oxygen atoms in total. The minimum absolute atomic E-state index is 0. The zero-order valence-electron chi connectivity index (χ0n) is 20.4. The van der Waals surface area contributed by atoms with E-state index in [4.69, 9.17) is 19.1 Å². The van der Waals surface area contributed by atoms with E-state index in [1.807, 2.05) is 24.3 Å². The molecule has 0 fully saturated rings. The minimum Gasteiger partial charge on any atom is -0.495 e. The molecule has 198 valence electrons. The van der Waals surface area contributed by atoms with Crippen LogP contribution in [-0.2, 0) is 23.9 Å². The van der Waals surface area contributed by atoms with Crippen LogP contribution in [0.1, 0.15) is 24.8 Å². The smallest absolute Gasteiger partial charge is 0.373 e. The van der Waals surface area contributed by atoms with Crippen LogP contribution in [0.15, 0.2) is 65.1 Å². The molecule has 0 bridgehead atoms. The summed E-state index contributed by atoms with van der Waals surface area (Å²) in [4.78, 5) is 53.3. The molecule has 11 heteroatoms. The summed E-state index contributed by atoms with van der Waals surface area (Å²) in [6.07, 6.45) is 1.63. The standard InChI is InChI=1S/C12H11NO4.C12H15NO3.CO2.CH4/c1-16-10-5-3-4-7-9(14)6-8(12(15)17-2)13-11(7)10;1-9(8-12(14)16-3)13-10-6-4-5-7-11(10)15-2;2-1-3;/h3-6H,1-2H3,(H,13,14);4-8,13H,1-3H3;;1H4/b;9-8+;;. The molecule has 2 N–H and O–H groups in total. The normalized spacial score (nSPS) is 9.59. The molecule has 3 rings (SSSR count). The molecule has 1 heterocycles. The number of methoxy groups -OCH3 is 4. The van der Waals surface area contributed by atoms with Gasteiger partial charge in [0, 0.05) is 23.2 Å². The predicted octanol–water partition coefficient (Wildman–Crippen LogP) is 3.56. The summed E-state index contributed by atoms with van der Waals surface area (Å²) in [5, 5.41) is 3.53. The van der Waals surface area contributed by atoms with Crippen molar-refractivity contribution in [3.05, 3.63) is 76.2 Å². The van der Waals surface area contributed by atoms with Crippen LogP contribution in [0.3, 0.4) is 0 Å². The largest absolute Gasteiger partial charge is 0.495 e. The average Bonchev–Trinajstić information content (AvgIpc) is 2.88. The van der Waals surface area contributed by atoms with Crippen LogP contribution in [0, 0.1) is 0 Å². The number of hydrogen-bond acceptors (Lipinski definition) is 10. The van der Waals surface area contributed by atoms with Gasteiger partial charge in [-0.3, -0.25) is 4.79 Å². The third kappa shape index (κ3) is 9.71. The molecule has 0 atom stereocenters. The van der Waals surface area contributed by atoms with Gasteiger partial charge in [0.15, 0.2) is 5.43 Å². The van der Waals surface area contributed by atoms with Crippen LogP contribution in [-0.4, -0.2) is 51.5 Å². The highest BCUT2D eigenvalue weighted by molar-refractivity contribution is 5.92. The fraction of sp³-hybridized carbons (Fsp3) is 0.231. The van der Waals surface area contributed by atoms with Gasteiger partial charge in [0.05, 0.1) is 39.6 Å². The van der Waals surface area contributed by atoms with Crippen LogP contribution in [0.2, 0.25) is 0 Å². The van der Waals surface area contributed by atoms with E-state index in [1.165, 1.54) is 33.5 Å². The number of benzene rings is 2. The van der Waals surface area contributed by atoms with E-state index >= 15 is 0 Å². The Labute approximate surface area is 214 Å². The number of para-hydroxylation sites is 3. The zero-order chi connectivity index (χ0) is 27.1. The maximum absolute atomic E-state index is 11.8. The third-order valence-electron chi connectivity index (χ3n) is 4.43. The minimum atomic E-state index is -0.588. The van der Waals surface area contributed by atoms with Crippen LogP contribution in [0.25, 0.3) is 10.9 Å². The Kier molecular flexibility index (Phi) is 14.5. The van der Waals surface area contributed by atoms with Crippen molar-refractivity contribution in [3.8, 4) is 11.5 Å². The first-order valence-electron chi connectivity index (χ1n) is 10.2. The van der Waals surface area contributed by atoms with Crippen molar-refractivity contribution in [1.82, 2.24) is 4.98 Å². The fourth-order valence-electron chi connectivity index (χ4n) is 2.87. The highest BCUT2D eigenvalue weighted by Crippen LogP contribution is 2.24. The van der Waals surface area contributed by atoms with Crippen molar-refractivity contribution in [3.63, 3.8) is 0 Å².